The van der Waals surface area contributed by atoms with Gasteiger partial charge < -0.3 is 29.5 Å². The van der Waals surface area contributed by atoms with Crippen molar-refractivity contribution >= 4 is 17.9 Å². The summed E-state index contributed by atoms with van der Waals surface area (Å²) in [6.45, 7) is 3.88. The number of rotatable bonds is 6. The number of aliphatic hydroxyl groups is 1. The topological polar surface area (TPSA) is 140 Å². The van der Waals surface area contributed by atoms with Crippen molar-refractivity contribution < 1.29 is 43.9 Å². The quantitative estimate of drug-likeness (QED) is 0.375. The van der Waals surface area contributed by atoms with Crippen LogP contribution in [-0.2, 0) is 35.0 Å². The summed E-state index contributed by atoms with van der Waals surface area (Å²) in [5, 5.41) is 28.0. The highest BCUT2D eigenvalue weighted by molar-refractivity contribution is 5.81. The van der Waals surface area contributed by atoms with E-state index >= 15 is 0 Å². The lowest BCUT2D eigenvalue weighted by Gasteiger charge is -2.21. The minimum Gasteiger partial charge on any atom is -0.508 e. The summed E-state index contributed by atoms with van der Waals surface area (Å²) < 4.78 is 13.8. The van der Waals surface area contributed by atoms with Crippen molar-refractivity contribution in [1.82, 2.24) is 0 Å². The van der Waals surface area contributed by atoms with Gasteiger partial charge in [0, 0.05) is 6.07 Å². The molecule has 0 amide bonds. The van der Waals surface area contributed by atoms with Gasteiger partial charge >= 0.3 is 17.9 Å². The normalized spacial score (nSPS) is 12.2. The number of phenolic OH excluding ortho intramolecular Hbond substituents is 2. The van der Waals surface area contributed by atoms with Crippen LogP contribution in [0.3, 0.4) is 0 Å². The Kier molecular flexibility index (Phi) is 6.75. The fourth-order valence-corrected chi connectivity index (χ4v) is 1.67. The summed E-state index contributed by atoms with van der Waals surface area (Å²) in [6, 6.07) is 3.57. The predicted octanol–water partition coefficient (Wildman–Crippen LogP) is 0.387. The second-order valence-electron chi connectivity index (χ2n) is 6.07. The van der Waals surface area contributed by atoms with Crippen molar-refractivity contribution in [2.24, 2.45) is 0 Å². The number of carbonyl (C=O) groups excluding carboxylic acids is 3. The molecule has 1 atom stereocenters. The number of hydrogen-bond acceptors (Lipinski definition) is 9. The smallest absolute Gasteiger partial charge is 0.376 e. The van der Waals surface area contributed by atoms with E-state index in [4.69, 9.17) is 4.74 Å². The lowest BCUT2D eigenvalue weighted by atomic mass is 10.1. The largest absolute Gasteiger partial charge is 0.508 e. The highest BCUT2D eigenvalue weighted by atomic mass is 16.7. The van der Waals surface area contributed by atoms with Gasteiger partial charge in [-0.1, -0.05) is 0 Å². The zero-order chi connectivity index (χ0) is 19.2. The first kappa shape index (κ1) is 20.2. The Morgan fingerprint density at radius 2 is 1.60 bits per heavy atom. The predicted molar refractivity (Wildman–Crippen MR) is 82.4 cm³/mol. The van der Waals surface area contributed by atoms with Gasteiger partial charge in [-0.05, 0) is 38.5 Å². The molecule has 0 saturated carbocycles. The maximum Gasteiger partial charge on any atom is 0.376 e. The summed E-state index contributed by atoms with van der Waals surface area (Å²) in [7, 11) is 0. The highest BCUT2D eigenvalue weighted by Crippen LogP contribution is 2.20. The lowest BCUT2D eigenvalue weighted by Crippen LogP contribution is -2.35. The van der Waals surface area contributed by atoms with E-state index in [0.717, 1.165) is 6.07 Å². The van der Waals surface area contributed by atoms with E-state index in [1.807, 2.05) is 0 Å². The summed E-state index contributed by atoms with van der Waals surface area (Å²) in [4.78, 5) is 34.5. The van der Waals surface area contributed by atoms with Gasteiger partial charge in [0.25, 0.3) is 6.29 Å². The molecule has 0 unspecified atom stereocenters. The Hall–Kier alpha value is -2.81. The molecule has 25 heavy (non-hydrogen) atoms. The van der Waals surface area contributed by atoms with Gasteiger partial charge in [0.05, 0.1) is 6.42 Å². The molecular formula is C16H20O9. The molecule has 1 aromatic rings. The molecule has 9 heteroatoms. The van der Waals surface area contributed by atoms with Gasteiger partial charge in [-0.15, -0.1) is 0 Å². The molecule has 0 fully saturated rings. The lowest BCUT2D eigenvalue weighted by molar-refractivity contribution is -0.200. The molecule has 0 aliphatic rings. The molecule has 0 bridgehead atoms. The van der Waals surface area contributed by atoms with Gasteiger partial charge in [0.15, 0.2) is 6.61 Å². The van der Waals surface area contributed by atoms with Crippen LogP contribution in [0.5, 0.6) is 11.5 Å². The molecule has 0 aromatic heterocycles. The number of carbonyl (C=O) groups is 3. The van der Waals surface area contributed by atoms with E-state index in [1.54, 1.807) is 20.8 Å². The molecular weight excluding hydrogens is 336 g/mol. The maximum absolute atomic E-state index is 11.6. The summed E-state index contributed by atoms with van der Waals surface area (Å²) in [6.07, 6.45) is -2.45. The summed E-state index contributed by atoms with van der Waals surface area (Å²) in [5.74, 6) is -3.60. The molecule has 9 nitrogen and oxygen atoms in total. The van der Waals surface area contributed by atoms with Crippen LogP contribution in [0.4, 0.5) is 0 Å². The molecule has 3 N–H and O–H groups in total. The molecule has 0 heterocycles. The third-order valence-electron chi connectivity index (χ3n) is 2.51. The minimum absolute atomic E-state index is 0.234. The van der Waals surface area contributed by atoms with Crippen molar-refractivity contribution in [3.63, 3.8) is 0 Å². The van der Waals surface area contributed by atoms with Crippen LogP contribution >= 0.6 is 0 Å². The second-order valence-corrected chi connectivity index (χ2v) is 6.07. The van der Waals surface area contributed by atoms with E-state index in [1.165, 1.54) is 12.1 Å². The van der Waals surface area contributed by atoms with Gasteiger partial charge in [-0.2, -0.15) is 0 Å². The van der Waals surface area contributed by atoms with Crippen LogP contribution < -0.4 is 0 Å². The van der Waals surface area contributed by atoms with E-state index < -0.39 is 36.4 Å². The molecule has 1 rings (SSSR count). The van der Waals surface area contributed by atoms with Crippen LogP contribution in [0, 0.1) is 0 Å². The van der Waals surface area contributed by atoms with Crippen LogP contribution in [-0.4, -0.2) is 51.7 Å². The van der Waals surface area contributed by atoms with Crippen molar-refractivity contribution in [3.8, 4) is 11.5 Å². The number of benzene rings is 1. The Balaban J connectivity index is 2.42. The Labute approximate surface area is 143 Å². The van der Waals surface area contributed by atoms with Crippen LogP contribution in [0.15, 0.2) is 18.2 Å². The van der Waals surface area contributed by atoms with Crippen molar-refractivity contribution in [1.29, 1.82) is 0 Å². The Morgan fingerprint density at radius 1 is 1.04 bits per heavy atom. The second kappa shape index (κ2) is 8.34. The Morgan fingerprint density at radius 3 is 2.12 bits per heavy atom. The first-order chi connectivity index (χ1) is 11.5. The molecule has 0 aliphatic carbocycles. The van der Waals surface area contributed by atoms with Crippen molar-refractivity contribution in [3.05, 3.63) is 23.8 Å². The van der Waals surface area contributed by atoms with E-state index in [2.05, 4.69) is 9.47 Å². The fraction of sp³-hybridized carbons (Fsp3) is 0.438. The van der Waals surface area contributed by atoms with Gasteiger partial charge in [0.1, 0.15) is 17.1 Å². The minimum atomic E-state index is -2.13. The first-order valence-corrected chi connectivity index (χ1v) is 7.24. The Bertz CT molecular complexity index is 625. The molecule has 0 radical (unpaired) electrons. The van der Waals surface area contributed by atoms with Gasteiger partial charge in [0.2, 0.25) is 0 Å². The first-order valence-electron chi connectivity index (χ1n) is 7.24. The highest BCUT2D eigenvalue weighted by Gasteiger charge is 2.26. The number of hydrogen-bond donors (Lipinski definition) is 3. The summed E-state index contributed by atoms with van der Waals surface area (Å²) in [5.41, 5.74) is -0.603. The van der Waals surface area contributed by atoms with Crippen molar-refractivity contribution in [2.45, 2.75) is 39.1 Å². The number of esters is 3. The molecule has 138 valence electrons. The third kappa shape index (κ3) is 8.02. The zero-order valence-electron chi connectivity index (χ0n) is 14.0. The van der Waals surface area contributed by atoms with Crippen LogP contribution in [0.1, 0.15) is 26.3 Å². The molecule has 1 aromatic carbocycles. The fourth-order valence-electron chi connectivity index (χ4n) is 1.67. The third-order valence-corrected chi connectivity index (χ3v) is 2.51. The average Bonchev–Trinajstić information content (AvgIpc) is 2.42. The molecule has 0 spiro atoms. The van der Waals surface area contributed by atoms with Crippen LogP contribution in [0.2, 0.25) is 0 Å². The number of ether oxygens (including phenoxy) is 3. The van der Waals surface area contributed by atoms with Crippen molar-refractivity contribution in [2.75, 3.05) is 6.61 Å². The summed E-state index contributed by atoms with van der Waals surface area (Å²) >= 11 is 0. The number of phenols is 2. The monoisotopic (exact) mass is 356 g/mol. The van der Waals surface area contributed by atoms with Gasteiger partial charge in [-0.25, -0.2) is 9.59 Å². The molecule has 0 aliphatic heterocycles. The van der Waals surface area contributed by atoms with E-state index in [9.17, 15) is 29.7 Å². The zero-order valence-corrected chi connectivity index (χ0v) is 14.0. The van der Waals surface area contributed by atoms with E-state index in [-0.39, 0.29) is 23.5 Å². The van der Waals surface area contributed by atoms with E-state index in [0.29, 0.717) is 0 Å². The average molecular weight is 356 g/mol. The van der Waals surface area contributed by atoms with Gasteiger partial charge in [-0.3, -0.25) is 4.79 Å². The molecule has 0 saturated heterocycles. The number of aromatic hydroxyl groups is 2. The van der Waals surface area contributed by atoms with Crippen LogP contribution in [0.25, 0.3) is 0 Å². The standard InChI is InChI=1S/C16H20O9/c1-16(2,3)25-15(22)14(21)24-13(20)8-23-12(19)6-9-4-10(17)7-11(18)5-9/h4-5,7,14,17-18,21H,6,8H2,1-3H3/t14-/m1/s1. The number of aliphatic hydroxyl groups excluding tert-OH is 1. The SMILES string of the molecule is CC(C)(C)OC(=O)[C@H](O)OC(=O)COC(=O)Cc1cc(O)cc(O)c1. The maximum atomic E-state index is 11.6.